The predicted molar refractivity (Wildman–Crippen MR) is 162 cm³/mol. The molecule has 3 fully saturated rings. The number of nitrogens with zero attached hydrogens (tertiary/aromatic N) is 1. The van der Waals surface area contributed by atoms with Crippen molar-refractivity contribution < 1.29 is 62.6 Å². The molecule has 1 spiro atoms. The number of rotatable bonds is 8. The van der Waals surface area contributed by atoms with Crippen molar-refractivity contribution >= 4 is 29.8 Å². The lowest BCUT2D eigenvalue weighted by atomic mass is 9.45. The van der Waals surface area contributed by atoms with Crippen molar-refractivity contribution in [2.75, 3.05) is 6.61 Å². The zero-order valence-corrected chi connectivity index (χ0v) is 27.4. The molecule has 3 aliphatic rings. The molecule has 2 bridgehead atoms. The predicted octanol–water partition coefficient (Wildman–Crippen LogP) is 1.94. The summed E-state index contributed by atoms with van der Waals surface area (Å²) in [4.78, 5) is 69.5. The van der Waals surface area contributed by atoms with Crippen molar-refractivity contribution in [2.24, 2.45) is 11.3 Å². The maximum Gasteiger partial charge on any atom is 0.340 e. The van der Waals surface area contributed by atoms with Gasteiger partial charge in [-0.3, -0.25) is 19.4 Å². The first-order chi connectivity index (χ1) is 22.5. The molecule has 48 heavy (non-hydrogen) atoms. The Morgan fingerprint density at radius 3 is 2.02 bits per heavy atom. The molecule has 9 atom stereocenters. The second-order valence-electron chi connectivity index (χ2n) is 13.2. The molecule has 2 N–H and O–H groups in total. The van der Waals surface area contributed by atoms with Gasteiger partial charge in [-0.1, -0.05) is 18.2 Å². The van der Waals surface area contributed by atoms with Gasteiger partial charge in [0.2, 0.25) is 0 Å². The highest BCUT2D eigenvalue weighted by Crippen LogP contribution is 2.69. The molecule has 2 heterocycles. The van der Waals surface area contributed by atoms with Crippen molar-refractivity contribution in [1.82, 2.24) is 4.98 Å². The van der Waals surface area contributed by atoms with E-state index in [1.54, 1.807) is 32.0 Å². The third-order valence-corrected chi connectivity index (χ3v) is 9.59. The van der Waals surface area contributed by atoms with E-state index in [-0.39, 0.29) is 11.1 Å². The van der Waals surface area contributed by atoms with Crippen molar-refractivity contribution in [3.8, 4) is 0 Å². The molecule has 2 aliphatic carbocycles. The fraction of sp³-hybridized carbons (Fsp3) is 0.529. The lowest BCUT2D eigenvalue weighted by Gasteiger charge is -2.66. The molecule has 1 saturated heterocycles. The van der Waals surface area contributed by atoms with Crippen LogP contribution in [0.2, 0.25) is 0 Å². The highest BCUT2D eigenvalue weighted by atomic mass is 16.6. The number of aliphatic hydroxyl groups is 2. The average molecular weight is 670 g/mol. The van der Waals surface area contributed by atoms with Crippen LogP contribution in [0, 0.1) is 11.3 Å². The van der Waals surface area contributed by atoms with Crippen LogP contribution >= 0.6 is 0 Å². The maximum atomic E-state index is 13.9. The van der Waals surface area contributed by atoms with E-state index in [9.17, 15) is 34.2 Å². The van der Waals surface area contributed by atoms with Crippen LogP contribution in [0.25, 0.3) is 0 Å². The Morgan fingerprint density at radius 2 is 1.44 bits per heavy atom. The number of aliphatic hydroxyl groups excluding tert-OH is 1. The first-order valence-electron chi connectivity index (χ1n) is 15.4. The van der Waals surface area contributed by atoms with Gasteiger partial charge in [-0.05, 0) is 45.0 Å². The third-order valence-electron chi connectivity index (χ3n) is 9.59. The van der Waals surface area contributed by atoms with Crippen LogP contribution in [0.15, 0.2) is 54.9 Å². The van der Waals surface area contributed by atoms with Crippen LogP contribution in [0.3, 0.4) is 0 Å². The second-order valence-corrected chi connectivity index (χ2v) is 13.2. The Labute approximate surface area is 276 Å². The summed E-state index contributed by atoms with van der Waals surface area (Å²) in [5, 5.41) is 24.8. The van der Waals surface area contributed by atoms with Crippen LogP contribution in [-0.4, -0.2) is 99.0 Å². The van der Waals surface area contributed by atoms with Crippen LogP contribution in [0.4, 0.5) is 0 Å². The smallest absolute Gasteiger partial charge is 0.340 e. The van der Waals surface area contributed by atoms with Gasteiger partial charge in [0.05, 0.1) is 34.4 Å². The Balaban J connectivity index is 1.85. The molecule has 2 saturated carbocycles. The standard InChI is InChI=1S/C34H39NO13/c1-18(36)43-17-33-27(46-30(41)22-13-10-14-35-16-22)23(44-19(2)37)15-32(6,42)34(33)26(39)24(31(4,5)48-34)25(45-20(3)38)28(33)47-29(40)21-11-8-7-9-12-21/h7-14,16,23-28,39,42H,15,17H2,1-6H3/t23-,24+,25-,26-,27-,28+,32-,33-,34-/m0/s1. The number of esters is 5. The number of benzene rings is 1. The topological polar surface area (TPSA) is 194 Å². The number of ether oxygens (including phenoxy) is 6. The summed E-state index contributed by atoms with van der Waals surface area (Å²) in [5.74, 6) is -5.53. The SMILES string of the molecule is CC(=O)OC[C@]12[C@H](OC(=O)c3ccccc3)[C@@H](OC(C)=O)[C@@H]3[C@H](O)[C@]1(OC3(C)C)[C@@](C)(O)C[C@H](OC(C)=O)[C@@H]2OC(=O)c1cccnc1. The average Bonchev–Trinajstić information content (AvgIpc) is 3.19. The van der Waals surface area contributed by atoms with E-state index < -0.39 is 102 Å². The van der Waals surface area contributed by atoms with Crippen molar-refractivity contribution in [1.29, 1.82) is 0 Å². The summed E-state index contributed by atoms with van der Waals surface area (Å²) in [6.45, 7) is 7.00. The molecule has 2 aromatic rings. The summed E-state index contributed by atoms with van der Waals surface area (Å²) in [6.07, 6.45) is -6.04. The number of aromatic nitrogens is 1. The van der Waals surface area contributed by atoms with E-state index in [2.05, 4.69) is 4.98 Å². The highest BCUT2D eigenvalue weighted by Gasteiger charge is 2.88. The Bertz CT molecular complexity index is 1580. The van der Waals surface area contributed by atoms with Crippen molar-refractivity contribution in [3.05, 3.63) is 66.0 Å². The molecule has 0 unspecified atom stereocenters. The fourth-order valence-corrected chi connectivity index (χ4v) is 8.01. The largest absolute Gasteiger partial charge is 0.465 e. The highest BCUT2D eigenvalue weighted by molar-refractivity contribution is 5.90. The van der Waals surface area contributed by atoms with Gasteiger partial charge < -0.3 is 38.6 Å². The minimum Gasteiger partial charge on any atom is -0.465 e. The van der Waals surface area contributed by atoms with Crippen molar-refractivity contribution in [2.45, 2.75) is 95.3 Å². The molecule has 258 valence electrons. The lowest BCUT2D eigenvalue weighted by Crippen LogP contribution is -2.85. The first-order valence-corrected chi connectivity index (χ1v) is 15.4. The van der Waals surface area contributed by atoms with Crippen molar-refractivity contribution in [3.63, 3.8) is 0 Å². The fourth-order valence-electron chi connectivity index (χ4n) is 8.01. The third kappa shape index (κ3) is 5.61. The molecule has 14 nitrogen and oxygen atoms in total. The normalized spacial score (nSPS) is 34.6. The Kier molecular flexibility index (Phi) is 9.14. The van der Waals surface area contributed by atoms with Crippen LogP contribution in [0.5, 0.6) is 0 Å². The quantitative estimate of drug-likeness (QED) is 0.306. The first kappa shape index (κ1) is 34.9. The summed E-state index contributed by atoms with van der Waals surface area (Å²) in [6, 6.07) is 10.7. The molecular weight excluding hydrogens is 630 g/mol. The van der Waals surface area contributed by atoms with Crippen LogP contribution in [0.1, 0.15) is 68.7 Å². The van der Waals surface area contributed by atoms with Gasteiger partial charge in [-0.2, -0.15) is 0 Å². The number of hydrogen-bond donors (Lipinski definition) is 2. The van der Waals surface area contributed by atoms with Gasteiger partial charge in [-0.25, -0.2) is 9.59 Å². The van der Waals surface area contributed by atoms with E-state index in [1.807, 2.05) is 0 Å². The van der Waals surface area contributed by atoms with Gasteiger partial charge in [0, 0.05) is 39.6 Å². The van der Waals surface area contributed by atoms with E-state index >= 15 is 0 Å². The van der Waals surface area contributed by atoms with Gasteiger partial charge >= 0.3 is 29.8 Å². The summed E-state index contributed by atoms with van der Waals surface area (Å²) >= 11 is 0. The molecule has 1 aromatic carbocycles. The number of fused-ring (bicyclic) bond motifs is 1. The van der Waals surface area contributed by atoms with E-state index in [0.717, 1.165) is 20.8 Å². The summed E-state index contributed by atoms with van der Waals surface area (Å²) < 4.78 is 36.2. The molecule has 1 aromatic heterocycles. The summed E-state index contributed by atoms with van der Waals surface area (Å²) in [7, 11) is 0. The van der Waals surface area contributed by atoms with E-state index in [1.165, 1.54) is 43.6 Å². The number of carbonyl (C=O) groups is 5. The minimum atomic E-state index is -2.30. The zero-order valence-electron chi connectivity index (χ0n) is 27.4. The van der Waals surface area contributed by atoms with E-state index in [4.69, 9.17) is 28.4 Å². The Morgan fingerprint density at radius 1 is 0.833 bits per heavy atom. The minimum absolute atomic E-state index is 0.0237. The molecule has 0 amide bonds. The van der Waals surface area contributed by atoms with Crippen LogP contribution in [-0.2, 0) is 42.8 Å². The van der Waals surface area contributed by atoms with Crippen LogP contribution < -0.4 is 0 Å². The van der Waals surface area contributed by atoms with E-state index in [0.29, 0.717) is 0 Å². The monoisotopic (exact) mass is 669 g/mol. The van der Waals surface area contributed by atoms with Gasteiger partial charge in [0.25, 0.3) is 0 Å². The molecule has 5 rings (SSSR count). The lowest BCUT2D eigenvalue weighted by molar-refractivity contribution is -0.361. The molecular formula is C34H39NO13. The second kappa shape index (κ2) is 12.6. The number of pyridine rings is 1. The maximum absolute atomic E-state index is 13.9. The molecule has 1 aliphatic heterocycles. The zero-order chi connectivity index (χ0) is 35.2. The van der Waals surface area contributed by atoms with Gasteiger partial charge in [-0.15, -0.1) is 0 Å². The van der Waals surface area contributed by atoms with Gasteiger partial charge in [0.1, 0.15) is 29.8 Å². The Hall–Kier alpha value is -4.40. The summed E-state index contributed by atoms with van der Waals surface area (Å²) in [5.41, 5.74) is -8.08. The molecule has 0 radical (unpaired) electrons. The molecule has 14 heteroatoms. The number of hydrogen-bond acceptors (Lipinski definition) is 14. The number of carbonyl (C=O) groups excluding carboxylic acids is 5. The van der Waals surface area contributed by atoms with Gasteiger partial charge in [0.15, 0.2) is 12.2 Å².